The second-order valence-corrected chi connectivity index (χ2v) is 9.57. The van der Waals surface area contributed by atoms with E-state index in [-0.39, 0.29) is 0 Å². The molecule has 0 amide bonds. The van der Waals surface area contributed by atoms with Crippen LogP contribution in [0.25, 0.3) is 0 Å². The van der Waals surface area contributed by atoms with Crippen LogP contribution in [0.5, 0.6) is 0 Å². The third-order valence-electron chi connectivity index (χ3n) is 7.11. The molecule has 0 nitrogen and oxygen atoms in total. The molecule has 0 aliphatic rings. The normalized spacial score (nSPS) is 11.3. The van der Waals surface area contributed by atoms with E-state index in [0.717, 1.165) is 18.2 Å². The molecule has 0 saturated heterocycles. The number of rotatable bonds is 4. The second-order valence-electron chi connectivity index (χ2n) is 9.57. The van der Waals surface area contributed by atoms with E-state index in [2.05, 4.69) is 0 Å². The maximum absolute atomic E-state index is 15.3. The van der Waals surface area contributed by atoms with Crippen molar-refractivity contribution >= 4 is 28.0 Å². The molecule has 16 heteroatoms. The van der Waals surface area contributed by atoms with Crippen LogP contribution in [0.2, 0.25) is 0 Å². The number of halogens is 15. The van der Waals surface area contributed by atoms with Crippen LogP contribution in [-0.2, 0) is 0 Å². The lowest BCUT2D eigenvalue weighted by atomic mass is 9.12. The Morgan fingerprint density at radius 1 is 0.298 bits per heavy atom. The molecule has 5 aromatic carbocycles. The van der Waals surface area contributed by atoms with Crippen molar-refractivity contribution in [1.82, 2.24) is 0 Å². The third-order valence-corrected chi connectivity index (χ3v) is 7.11. The highest BCUT2D eigenvalue weighted by molar-refractivity contribution is 7.20. The van der Waals surface area contributed by atoms with Gasteiger partial charge in [0.15, 0.2) is 52.4 Å². The van der Waals surface area contributed by atoms with Gasteiger partial charge in [-0.05, 0) is 0 Å². The van der Waals surface area contributed by atoms with Gasteiger partial charge in [-0.25, -0.2) is 65.9 Å². The molecule has 0 bridgehead atoms. The Morgan fingerprint density at radius 2 is 0.532 bits per heavy atom. The van der Waals surface area contributed by atoms with Crippen LogP contribution in [0.3, 0.4) is 0 Å². The minimum Gasteiger partial charge on any atom is -0.207 e. The summed E-state index contributed by atoms with van der Waals surface area (Å²) >= 11 is 0. The zero-order chi connectivity index (χ0) is 35.0. The van der Waals surface area contributed by atoms with Crippen molar-refractivity contribution in [1.29, 1.82) is 0 Å². The Labute approximate surface area is 254 Å². The van der Waals surface area contributed by atoms with Gasteiger partial charge in [-0.2, -0.15) is 5.46 Å². The Morgan fingerprint density at radius 3 is 0.809 bits per heavy atom. The Balaban J connectivity index is 0.000000632. The first-order valence-electron chi connectivity index (χ1n) is 12.7. The van der Waals surface area contributed by atoms with Crippen molar-refractivity contribution in [3.8, 4) is 0 Å². The van der Waals surface area contributed by atoms with Crippen molar-refractivity contribution in [2.45, 2.75) is 0 Å². The zero-order valence-corrected chi connectivity index (χ0v) is 22.7. The first-order valence-corrected chi connectivity index (χ1v) is 12.7. The van der Waals surface area contributed by atoms with Crippen LogP contribution < -0.4 is 21.9 Å². The maximum atomic E-state index is 15.3. The highest BCUT2D eigenvalue weighted by Gasteiger charge is 2.48. The van der Waals surface area contributed by atoms with Gasteiger partial charge in [-0.15, -0.1) is 16.4 Å². The van der Waals surface area contributed by atoms with E-state index >= 15 is 26.3 Å². The topological polar surface area (TPSA) is 0 Å². The highest BCUT2D eigenvalue weighted by atomic mass is 19.2. The molecule has 5 aromatic rings. The molecule has 0 aromatic heterocycles. The molecule has 0 aliphatic heterocycles. The van der Waals surface area contributed by atoms with Crippen LogP contribution in [0.4, 0.5) is 65.9 Å². The molecule has 0 atom stereocenters. The maximum Gasteiger partial charge on any atom is 0.200 e. The summed E-state index contributed by atoms with van der Waals surface area (Å²) in [5, 5.41) is 0. The lowest BCUT2D eigenvalue weighted by Gasteiger charge is -2.44. The zero-order valence-electron chi connectivity index (χ0n) is 22.7. The Hall–Kier alpha value is -5.02. The molecule has 0 N–H and O–H groups in total. The predicted octanol–water partition coefficient (Wildman–Crippen LogP) is 7.12. The van der Waals surface area contributed by atoms with E-state index in [0.29, 0.717) is 12.1 Å². The molecular weight excluding hydrogens is 668 g/mol. The Kier molecular flexibility index (Phi) is 9.92. The molecule has 5 rings (SSSR count). The summed E-state index contributed by atoms with van der Waals surface area (Å²) in [5.74, 6) is -45.5. The summed E-state index contributed by atoms with van der Waals surface area (Å²) in [4.78, 5) is 0. The number of benzene rings is 4. The molecule has 244 valence electrons. The second kappa shape index (κ2) is 13.4. The summed E-state index contributed by atoms with van der Waals surface area (Å²) in [7, 11) is 0. The van der Waals surface area contributed by atoms with Gasteiger partial charge in [0.1, 0.15) is 41.0 Å². The third kappa shape index (κ3) is 5.55. The summed E-state index contributed by atoms with van der Waals surface area (Å²) in [6.07, 6.45) is -5.72. The van der Waals surface area contributed by atoms with Gasteiger partial charge in [-0.3, -0.25) is 0 Å². The molecule has 0 fully saturated rings. The molecule has 0 heterocycles. The number of hydrogen-bond acceptors (Lipinski definition) is 0. The minimum absolute atomic E-state index is 0.397. The first-order chi connectivity index (χ1) is 22.1. The molecule has 0 spiro atoms. The molecule has 0 radical (unpaired) electrons. The van der Waals surface area contributed by atoms with Gasteiger partial charge in [0.05, 0.1) is 0 Å². The monoisotopic (exact) mass is 680 g/mol. The fourth-order valence-electron chi connectivity index (χ4n) is 5.13. The van der Waals surface area contributed by atoms with Crippen LogP contribution in [0, 0.1) is 87.3 Å². The summed E-state index contributed by atoms with van der Waals surface area (Å²) in [6.45, 7) is 0. The highest BCUT2D eigenvalue weighted by Crippen LogP contribution is 2.28. The van der Waals surface area contributed by atoms with Crippen LogP contribution in [-0.4, -0.2) is 6.15 Å². The smallest absolute Gasteiger partial charge is 0.200 e. The molecule has 0 unspecified atom stereocenters. The van der Waals surface area contributed by atoms with Crippen molar-refractivity contribution in [3.63, 3.8) is 0 Å². The fourth-order valence-corrected chi connectivity index (χ4v) is 5.13. The van der Waals surface area contributed by atoms with Gasteiger partial charge < -0.3 is 0 Å². The van der Waals surface area contributed by atoms with Crippen molar-refractivity contribution in [2.75, 3.05) is 0 Å². The standard InChI is InChI=1S/C24H5BF15.C7H7/c26-10-7(11(27)17(33)22(38)16(10)32)25(6-4-2-1-3-5-6,8-12(28)18(34)23(39)19(35)13(8)29)9-14(30)20(36)24(40)21(37)15(9)31;1-2-4-6-7-5-3-1/h1-5H;1-7H/q-1;+1. The summed E-state index contributed by atoms with van der Waals surface area (Å²) < 4.78 is 220. The van der Waals surface area contributed by atoms with Crippen LogP contribution in [0.15, 0.2) is 72.8 Å². The largest absolute Gasteiger partial charge is 0.207 e. The summed E-state index contributed by atoms with van der Waals surface area (Å²) in [5.41, 5.74) is -9.41. The van der Waals surface area contributed by atoms with Gasteiger partial charge in [0, 0.05) is 42.5 Å². The van der Waals surface area contributed by atoms with Crippen molar-refractivity contribution < 1.29 is 65.9 Å². The van der Waals surface area contributed by atoms with E-state index < -0.39 is 115 Å². The van der Waals surface area contributed by atoms with E-state index in [4.69, 9.17) is 0 Å². The predicted molar refractivity (Wildman–Crippen MR) is 140 cm³/mol. The quantitative estimate of drug-likeness (QED) is 0.0624. The fraction of sp³-hybridized carbons (Fsp3) is 0. The van der Waals surface area contributed by atoms with Gasteiger partial charge in [-0.1, -0.05) is 30.3 Å². The molecule has 0 saturated carbocycles. The molecule has 47 heavy (non-hydrogen) atoms. The van der Waals surface area contributed by atoms with Crippen LogP contribution >= 0.6 is 0 Å². The van der Waals surface area contributed by atoms with Gasteiger partial charge in [0.2, 0.25) is 0 Å². The lowest BCUT2D eigenvalue weighted by molar-refractivity contribution is 0.380. The van der Waals surface area contributed by atoms with Crippen molar-refractivity contribution in [3.05, 3.63) is 160 Å². The van der Waals surface area contributed by atoms with E-state index in [9.17, 15) is 39.5 Å². The van der Waals surface area contributed by atoms with Crippen molar-refractivity contribution in [2.24, 2.45) is 0 Å². The average Bonchev–Trinajstić information content (AvgIpc) is 3.40. The van der Waals surface area contributed by atoms with E-state index in [1.54, 1.807) is 0 Å². The SMILES string of the molecule is Fc1c(F)c(F)c([B-](c2ccccc2)(c2c(F)c(F)c(F)c(F)c2F)c2c(F)c(F)c(F)c(F)c2F)c(F)c1F.c1ccc[cH+]cc1. The van der Waals surface area contributed by atoms with E-state index in [1.807, 2.05) is 42.5 Å². The first kappa shape index (κ1) is 34.9. The lowest BCUT2D eigenvalue weighted by Crippen LogP contribution is -2.79. The van der Waals surface area contributed by atoms with Gasteiger partial charge in [0.25, 0.3) is 0 Å². The average molecular weight is 680 g/mol. The Bertz CT molecular complexity index is 1700. The molecule has 0 aliphatic carbocycles. The summed E-state index contributed by atoms with van der Waals surface area (Å²) in [6, 6.07) is 17.2. The van der Waals surface area contributed by atoms with Gasteiger partial charge >= 0.3 is 0 Å². The number of hydrogen-bond donors (Lipinski definition) is 0. The van der Waals surface area contributed by atoms with E-state index in [1.165, 1.54) is 0 Å². The van der Waals surface area contributed by atoms with Crippen LogP contribution in [0.1, 0.15) is 0 Å². The minimum atomic E-state index is -5.72. The molecular formula is C31H12BF15.